The fourth-order valence-electron chi connectivity index (χ4n) is 9.00. The molecule has 0 saturated carbocycles. The molecule has 0 aromatic heterocycles. The second-order valence-corrected chi connectivity index (χ2v) is 21.8. The lowest BCUT2D eigenvalue weighted by Crippen LogP contribution is -2.59. The quantitative estimate of drug-likeness (QED) is 0.0491. The number of ether oxygens (including phenoxy) is 6. The van der Waals surface area contributed by atoms with Crippen molar-refractivity contribution in [2.45, 2.75) is 127 Å². The molecule has 2 heterocycles. The molecule has 2 saturated heterocycles. The van der Waals surface area contributed by atoms with Crippen molar-refractivity contribution in [3.63, 3.8) is 0 Å². The molecule has 306 valence electrons. The molecule has 3 aliphatic rings. The molecule has 2 fully saturated rings. The Labute approximate surface area is 336 Å². The van der Waals surface area contributed by atoms with Crippen molar-refractivity contribution < 1.29 is 42.4 Å². The normalized spacial score (nSPS) is 23.0. The average Bonchev–Trinajstić information content (AvgIpc) is 3.69. The molecule has 14 heteroatoms. The molecular weight excluding hydrogens is 745 g/mol. The van der Waals surface area contributed by atoms with Gasteiger partial charge in [0.2, 0.25) is 0 Å². The highest BCUT2D eigenvalue weighted by Crippen LogP contribution is 2.46. The predicted molar refractivity (Wildman–Crippen MR) is 217 cm³/mol. The Morgan fingerprint density at radius 3 is 2.00 bits per heavy atom. The third kappa shape index (κ3) is 9.23. The van der Waals surface area contributed by atoms with E-state index in [-0.39, 0.29) is 25.7 Å². The van der Waals surface area contributed by atoms with Crippen molar-refractivity contribution in [3.05, 3.63) is 106 Å². The smallest absolute Gasteiger partial charge is 0.407 e. The van der Waals surface area contributed by atoms with Crippen LogP contribution in [0, 0.1) is 0 Å². The third-order valence-corrected chi connectivity index (χ3v) is 17.5. The van der Waals surface area contributed by atoms with Crippen molar-refractivity contribution in [1.82, 2.24) is 5.32 Å². The van der Waals surface area contributed by atoms with Crippen molar-refractivity contribution in [3.8, 4) is 11.1 Å². The summed E-state index contributed by atoms with van der Waals surface area (Å²) in [6.45, 7) is 16.7. The van der Waals surface area contributed by atoms with Crippen LogP contribution < -0.4 is 5.32 Å². The third-order valence-electron chi connectivity index (χ3n) is 11.4. The van der Waals surface area contributed by atoms with E-state index < -0.39 is 69.5 Å². The molecule has 0 bridgehead atoms. The lowest BCUT2D eigenvalue weighted by atomic mass is 9.98. The maximum absolute atomic E-state index is 13.7. The second-order valence-electron chi connectivity index (χ2n) is 16.4. The number of amides is 1. The molecule has 1 aliphatic carbocycles. The van der Waals surface area contributed by atoms with Gasteiger partial charge in [0, 0.05) is 10.8 Å². The Morgan fingerprint density at radius 1 is 0.825 bits per heavy atom. The van der Waals surface area contributed by atoms with Gasteiger partial charge in [-0.05, 0) is 63.8 Å². The summed E-state index contributed by atoms with van der Waals surface area (Å²) in [5, 5.41) is 6.71. The molecule has 1 N–H and O–H groups in total. The number of esters is 1. The molecule has 3 aromatic carbocycles. The van der Waals surface area contributed by atoms with Crippen LogP contribution in [0.5, 0.6) is 0 Å². The van der Waals surface area contributed by atoms with Gasteiger partial charge >= 0.3 is 12.1 Å². The molecule has 0 radical (unpaired) electrons. The van der Waals surface area contributed by atoms with Gasteiger partial charge in [-0.25, -0.2) is 9.59 Å². The number of alkyl carbamates (subject to hydrolysis) is 1. The van der Waals surface area contributed by atoms with Crippen molar-refractivity contribution in [1.29, 1.82) is 0 Å². The maximum atomic E-state index is 13.7. The molecule has 6 rings (SSSR count). The number of nitrogens with zero attached hydrogens (tertiary/aromatic N) is 3. The number of hydrogen-bond acceptors (Lipinski definition) is 10. The van der Waals surface area contributed by atoms with Gasteiger partial charge in [0.05, 0.1) is 13.2 Å². The highest BCUT2D eigenvalue weighted by Gasteiger charge is 2.56. The van der Waals surface area contributed by atoms with Crippen LogP contribution in [0.15, 0.2) is 84.0 Å². The Bertz CT molecular complexity index is 1840. The predicted octanol–water partition coefficient (Wildman–Crippen LogP) is 8.77. The number of nitrogens with one attached hydrogen (secondary N) is 1. The van der Waals surface area contributed by atoms with E-state index in [1.807, 2.05) is 66.7 Å². The molecule has 3 aromatic rings. The number of carbonyl (C=O) groups is 2. The average molecular weight is 801 g/mol. The summed E-state index contributed by atoms with van der Waals surface area (Å²) in [6.07, 6.45) is -4.03. The van der Waals surface area contributed by atoms with Crippen molar-refractivity contribution in [2.24, 2.45) is 5.11 Å². The Morgan fingerprint density at radius 2 is 1.40 bits per heavy atom. The van der Waals surface area contributed by atoms with Crippen LogP contribution in [0.3, 0.4) is 0 Å². The number of fused-ring (bicyclic) bond motifs is 4. The van der Waals surface area contributed by atoms with Gasteiger partial charge in [-0.1, -0.05) is 126 Å². The summed E-state index contributed by atoms with van der Waals surface area (Å²) in [5.74, 6) is -1.94. The second kappa shape index (κ2) is 18.1. The van der Waals surface area contributed by atoms with Gasteiger partial charge in [-0.2, -0.15) is 0 Å². The summed E-state index contributed by atoms with van der Waals surface area (Å²) in [7, 11) is -2.33. The minimum absolute atomic E-state index is 0.0273. The first-order valence-electron chi connectivity index (χ1n) is 19.9. The number of rotatable bonds is 16. The summed E-state index contributed by atoms with van der Waals surface area (Å²) in [6, 6.07) is 23.0. The van der Waals surface area contributed by atoms with Crippen LogP contribution in [0.25, 0.3) is 21.6 Å². The molecule has 2 aliphatic heterocycles. The zero-order valence-corrected chi connectivity index (χ0v) is 35.1. The van der Waals surface area contributed by atoms with Crippen LogP contribution in [-0.4, -0.2) is 82.7 Å². The molecule has 13 nitrogen and oxygen atoms in total. The maximum Gasteiger partial charge on any atom is 0.407 e. The van der Waals surface area contributed by atoms with E-state index in [1.54, 1.807) is 13.8 Å². The molecule has 2 unspecified atom stereocenters. The van der Waals surface area contributed by atoms with Crippen LogP contribution in [0.1, 0.15) is 78.0 Å². The topological polar surface area (TPSA) is 160 Å². The molecular formula is C43H56N4O9Si. The van der Waals surface area contributed by atoms with Gasteiger partial charge in [-0.15, -0.1) is 0 Å². The van der Waals surface area contributed by atoms with Crippen molar-refractivity contribution in [2.75, 3.05) is 19.8 Å². The van der Waals surface area contributed by atoms with E-state index in [4.69, 9.17) is 32.8 Å². The fraction of sp³-hybridized carbons (Fsp3) is 0.535. The van der Waals surface area contributed by atoms with Gasteiger partial charge in [0.1, 0.15) is 37.6 Å². The largest absolute Gasteiger partial charge is 0.459 e. The Kier molecular flexibility index (Phi) is 13.5. The molecule has 0 spiro atoms. The minimum Gasteiger partial charge on any atom is -0.459 e. The molecule has 6 atom stereocenters. The van der Waals surface area contributed by atoms with Gasteiger partial charge in [0.15, 0.2) is 26.4 Å². The summed E-state index contributed by atoms with van der Waals surface area (Å²) in [5.41, 5.74) is 15.7. The molecule has 57 heavy (non-hydrogen) atoms. The van der Waals surface area contributed by atoms with Crippen LogP contribution in [-0.2, 0) is 44.2 Å². The lowest BCUT2D eigenvalue weighted by Gasteiger charge is -2.45. The van der Waals surface area contributed by atoms with E-state index in [0.717, 1.165) is 27.8 Å². The summed E-state index contributed by atoms with van der Waals surface area (Å²) >= 11 is 0. The number of hydrogen-bond donors (Lipinski definition) is 1. The van der Waals surface area contributed by atoms with E-state index >= 15 is 0 Å². The minimum atomic E-state index is -2.33. The Hall–Kier alpha value is -4.27. The number of azide groups is 1. The lowest BCUT2D eigenvalue weighted by molar-refractivity contribution is -0.247. The molecule has 1 amide bonds. The van der Waals surface area contributed by atoms with Crippen LogP contribution >= 0.6 is 0 Å². The zero-order valence-electron chi connectivity index (χ0n) is 34.1. The first-order chi connectivity index (χ1) is 27.3. The first-order valence-corrected chi connectivity index (χ1v) is 22.0. The monoisotopic (exact) mass is 800 g/mol. The van der Waals surface area contributed by atoms with E-state index in [0.29, 0.717) is 16.6 Å². The zero-order chi connectivity index (χ0) is 40.9. The van der Waals surface area contributed by atoms with Crippen LogP contribution in [0.4, 0.5) is 4.79 Å². The van der Waals surface area contributed by atoms with Crippen molar-refractivity contribution >= 4 is 20.4 Å². The van der Waals surface area contributed by atoms with E-state index in [2.05, 4.69) is 69.0 Å². The highest BCUT2D eigenvalue weighted by atomic mass is 28.4. The van der Waals surface area contributed by atoms with E-state index in [1.165, 1.54) is 0 Å². The number of benzene rings is 3. The van der Waals surface area contributed by atoms with Gasteiger partial charge in [0.25, 0.3) is 0 Å². The summed E-state index contributed by atoms with van der Waals surface area (Å²) in [4.78, 5) is 30.3. The van der Waals surface area contributed by atoms with E-state index in [9.17, 15) is 15.1 Å². The fourth-order valence-corrected chi connectivity index (χ4v) is 14.5. The van der Waals surface area contributed by atoms with Crippen LogP contribution in [0.2, 0.25) is 16.6 Å². The highest BCUT2D eigenvalue weighted by molar-refractivity contribution is 6.77. The van der Waals surface area contributed by atoms with Gasteiger partial charge < -0.3 is 38.2 Å². The SMILES string of the molecule is CC(C)[Si](OCC1O[C@@H](OC[C@H](NC(=O)OCC2c3ccccc3-c3ccccc32)C(=O)OCc2ccccc2)C(N=[N+]=[N-])[C@H]2OC(C)(C)O[C@@H]12)(C(C)C)C(C)C. The number of carbonyl (C=O) groups excluding carboxylic acids is 2. The standard InChI is InChI=1S/C43H56N4O9Si/c1-26(2)57(27(3)4,28(5)6)53-25-36-38-39(56-43(7,8)55-38)37(46-47-44)41(54-36)51-24-35(40(48)50-22-29-16-10-9-11-17-29)45-42(49)52-23-34-32-20-14-12-18-30(32)31-19-13-15-21-33(31)34/h9-21,26-28,34-39,41H,22-25H2,1-8H3,(H,45,49)/t35-,36?,37?,38-,39+,41+/m0/s1. The Balaban J connectivity index is 1.20. The summed E-state index contributed by atoms with van der Waals surface area (Å²) < 4.78 is 43.9. The first kappa shape index (κ1) is 42.3. The van der Waals surface area contributed by atoms with Gasteiger partial charge in [-0.3, -0.25) is 0 Å².